The third-order valence-corrected chi connectivity index (χ3v) is 3.75. The fourth-order valence-electron chi connectivity index (χ4n) is 1.65. The van der Waals surface area contributed by atoms with Crippen LogP contribution in [0, 0.1) is 0 Å². The fraction of sp³-hybridized carbons (Fsp3) is 0.182. The molecule has 1 aromatic carbocycles. The van der Waals surface area contributed by atoms with E-state index in [0.29, 0.717) is 12.0 Å². The Kier molecular flexibility index (Phi) is 5.61. The molecule has 0 spiro atoms. The zero-order valence-electron chi connectivity index (χ0n) is 10.1. The molecule has 1 fully saturated rings. The molecule has 0 amide bonds. The minimum absolute atomic E-state index is 0. The van der Waals surface area contributed by atoms with Crippen molar-refractivity contribution in [3.05, 3.63) is 39.5 Å². The maximum Gasteiger partial charge on any atom is 1.00 e. The standard InChI is InChI=1S/C11H9ClNO4S.Na/c12-9-2-1-3-10(18(13,15)16)8(9)6-7-4-5-17-11(7)14;/h1-3,6H,4-5H2,(H-,13,15,16);/q-1;+1. The number of hydrogen-bond acceptors (Lipinski definition) is 4. The molecule has 19 heavy (non-hydrogen) atoms. The molecule has 0 atom stereocenters. The van der Waals surface area contributed by atoms with Crippen LogP contribution in [-0.2, 0) is 19.6 Å². The summed E-state index contributed by atoms with van der Waals surface area (Å²) in [7, 11) is -4.15. The molecule has 0 saturated carbocycles. The van der Waals surface area contributed by atoms with E-state index in [4.69, 9.17) is 21.5 Å². The van der Waals surface area contributed by atoms with Crippen LogP contribution in [0.3, 0.4) is 0 Å². The summed E-state index contributed by atoms with van der Waals surface area (Å²) >= 11 is 5.92. The first-order chi connectivity index (χ1) is 8.39. The molecule has 0 aliphatic carbocycles. The maximum atomic E-state index is 11.3. The van der Waals surface area contributed by atoms with Gasteiger partial charge in [-0.05, 0) is 18.2 Å². The van der Waals surface area contributed by atoms with Crippen molar-refractivity contribution in [3.63, 3.8) is 0 Å². The van der Waals surface area contributed by atoms with Gasteiger partial charge in [0.15, 0.2) is 0 Å². The van der Waals surface area contributed by atoms with Crippen LogP contribution in [0.5, 0.6) is 0 Å². The van der Waals surface area contributed by atoms with Gasteiger partial charge < -0.3 is 9.88 Å². The summed E-state index contributed by atoms with van der Waals surface area (Å²) in [4.78, 5) is 11.1. The van der Waals surface area contributed by atoms with E-state index < -0.39 is 16.0 Å². The summed E-state index contributed by atoms with van der Waals surface area (Å²) in [5, 5.41) is 7.28. The first kappa shape index (κ1) is 16.7. The van der Waals surface area contributed by atoms with Crippen molar-refractivity contribution in [1.29, 1.82) is 0 Å². The van der Waals surface area contributed by atoms with Crippen molar-refractivity contribution < 1.29 is 47.5 Å². The average molecular weight is 310 g/mol. The predicted octanol–water partition coefficient (Wildman–Crippen LogP) is -0.585. The fourth-order valence-corrected chi connectivity index (χ4v) is 2.65. The SMILES string of the molecule is [NH-]S(=O)(=O)c1cccc(Cl)c1C=C1CCOC1=O.[Na+]. The van der Waals surface area contributed by atoms with Gasteiger partial charge in [-0.3, -0.25) is 0 Å². The number of benzene rings is 1. The summed E-state index contributed by atoms with van der Waals surface area (Å²) in [5.74, 6) is -0.483. The van der Waals surface area contributed by atoms with Crippen LogP contribution in [0.2, 0.25) is 5.02 Å². The van der Waals surface area contributed by atoms with E-state index >= 15 is 0 Å². The van der Waals surface area contributed by atoms with Gasteiger partial charge in [-0.1, -0.05) is 17.7 Å². The zero-order valence-corrected chi connectivity index (χ0v) is 13.7. The molecule has 0 unspecified atom stereocenters. The summed E-state index contributed by atoms with van der Waals surface area (Å²) < 4.78 is 27.4. The number of hydrogen-bond donors (Lipinski definition) is 0. The van der Waals surface area contributed by atoms with E-state index in [1.54, 1.807) is 0 Å². The summed E-state index contributed by atoms with van der Waals surface area (Å²) in [6, 6.07) is 4.22. The molecule has 1 saturated heterocycles. The van der Waals surface area contributed by atoms with Crippen molar-refractivity contribution in [2.75, 3.05) is 6.61 Å². The Morgan fingerprint density at radius 1 is 1.37 bits per heavy atom. The topological polar surface area (TPSA) is 84.2 Å². The van der Waals surface area contributed by atoms with E-state index in [0.717, 1.165) is 0 Å². The van der Waals surface area contributed by atoms with Crippen LogP contribution >= 0.6 is 11.6 Å². The van der Waals surface area contributed by atoms with Gasteiger partial charge in [-0.25, -0.2) is 13.2 Å². The molecule has 0 radical (unpaired) electrons. The minimum Gasteiger partial charge on any atom is -0.560 e. The normalized spacial score (nSPS) is 17.2. The molecule has 1 heterocycles. The monoisotopic (exact) mass is 309 g/mol. The number of carbonyl (C=O) groups excluding carboxylic acids is 1. The Balaban J connectivity index is 0.00000180. The second-order valence-corrected chi connectivity index (χ2v) is 5.56. The summed E-state index contributed by atoms with van der Waals surface area (Å²) in [6.07, 6.45) is 1.78. The first-order valence-electron chi connectivity index (χ1n) is 5.05. The Bertz CT molecular complexity index is 642. The van der Waals surface area contributed by atoms with Crippen LogP contribution in [-0.4, -0.2) is 21.0 Å². The number of carbonyl (C=O) groups is 1. The zero-order chi connectivity index (χ0) is 13.3. The smallest absolute Gasteiger partial charge is 0.560 e. The van der Waals surface area contributed by atoms with Crippen LogP contribution in [0.15, 0.2) is 28.7 Å². The van der Waals surface area contributed by atoms with E-state index in [2.05, 4.69) is 0 Å². The number of sulfonamides is 1. The molecule has 8 heteroatoms. The van der Waals surface area contributed by atoms with Crippen molar-refractivity contribution in [3.8, 4) is 0 Å². The number of halogens is 1. The van der Waals surface area contributed by atoms with Gasteiger partial charge >= 0.3 is 35.5 Å². The number of rotatable bonds is 2. The molecular formula is C11H9ClNNaO4S. The molecule has 5 nitrogen and oxygen atoms in total. The van der Waals surface area contributed by atoms with Crippen LogP contribution in [0.1, 0.15) is 12.0 Å². The Labute approximate surface area is 138 Å². The van der Waals surface area contributed by atoms with Gasteiger partial charge in [0.25, 0.3) is 0 Å². The molecule has 0 aromatic heterocycles. The van der Waals surface area contributed by atoms with Gasteiger partial charge in [0.1, 0.15) is 0 Å². The molecule has 1 aliphatic heterocycles. The Morgan fingerprint density at radius 2 is 2.05 bits per heavy atom. The molecule has 1 aromatic rings. The predicted molar refractivity (Wildman–Crippen MR) is 66.5 cm³/mol. The van der Waals surface area contributed by atoms with Crippen molar-refractivity contribution in [1.82, 2.24) is 0 Å². The molecule has 1 N–H and O–H groups in total. The first-order valence-corrected chi connectivity index (χ1v) is 6.91. The Morgan fingerprint density at radius 3 is 2.58 bits per heavy atom. The van der Waals surface area contributed by atoms with Gasteiger partial charge in [-0.2, -0.15) is 0 Å². The number of ether oxygens (including phenoxy) is 1. The summed E-state index contributed by atoms with van der Waals surface area (Å²) in [5.41, 5.74) is 0.510. The second-order valence-electron chi connectivity index (χ2n) is 3.71. The van der Waals surface area contributed by atoms with Gasteiger partial charge in [0.05, 0.1) is 21.5 Å². The van der Waals surface area contributed by atoms with Crippen LogP contribution < -0.4 is 29.6 Å². The largest absolute Gasteiger partial charge is 1.00 e. The van der Waals surface area contributed by atoms with Crippen LogP contribution in [0.4, 0.5) is 0 Å². The second kappa shape index (κ2) is 6.39. The molecule has 0 bridgehead atoms. The number of nitrogens with one attached hydrogen (secondary N) is 1. The van der Waals surface area contributed by atoms with Crippen LogP contribution in [0.25, 0.3) is 11.2 Å². The Hall–Kier alpha value is -0.370. The van der Waals surface area contributed by atoms with Crippen molar-refractivity contribution in [2.45, 2.75) is 11.3 Å². The number of cyclic esters (lactones) is 1. The van der Waals surface area contributed by atoms with E-state index in [9.17, 15) is 13.2 Å². The number of esters is 1. The maximum absolute atomic E-state index is 11.3. The summed E-state index contributed by atoms with van der Waals surface area (Å²) in [6.45, 7) is 0.276. The van der Waals surface area contributed by atoms with Gasteiger partial charge in [0.2, 0.25) is 0 Å². The van der Waals surface area contributed by atoms with E-state index in [1.807, 2.05) is 0 Å². The van der Waals surface area contributed by atoms with Crippen molar-refractivity contribution in [2.24, 2.45) is 0 Å². The van der Waals surface area contributed by atoms with Gasteiger partial charge in [-0.15, -0.1) is 0 Å². The third-order valence-electron chi connectivity index (χ3n) is 2.49. The van der Waals surface area contributed by atoms with E-state index in [1.165, 1.54) is 24.3 Å². The minimum atomic E-state index is -4.15. The third kappa shape index (κ3) is 3.81. The molecule has 96 valence electrons. The average Bonchev–Trinajstić information content (AvgIpc) is 2.66. The molecule has 1 aliphatic rings. The molecule has 2 rings (SSSR count). The molecular weight excluding hydrogens is 301 g/mol. The van der Waals surface area contributed by atoms with E-state index in [-0.39, 0.29) is 51.6 Å². The van der Waals surface area contributed by atoms with Gasteiger partial charge in [0, 0.05) is 22.6 Å². The quantitative estimate of drug-likeness (QED) is 0.415. The van der Waals surface area contributed by atoms with Crippen molar-refractivity contribution >= 4 is 33.7 Å².